The van der Waals surface area contributed by atoms with E-state index in [1.165, 1.54) is 48.9 Å². The van der Waals surface area contributed by atoms with Crippen molar-refractivity contribution in [2.24, 2.45) is 0 Å². The fourth-order valence-corrected chi connectivity index (χ4v) is 3.33. The topological polar surface area (TPSA) is 8.17 Å². The van der Waals surface area contributed by atoms with Crippen molar-refractivity contribution in [2.75, 3.05) is 13.1 Å². The molecule has 19 heavy (non-hydrogen) atoms. The number of hydrogen-bond donors (Lipinski definition) is 0. The second-order valence-electron chi connectivity index (χ2n) is 5.42. The van der Waals surface area contributed by atoms with E-state index in [-0.39, 0.29) is 0 Å². The van der Waals surface area contributed by atoms with Crippen LogP contribution in [0, 0.1) is 0 Å². The third-order valence-electron chi connectivity index (χ3n) is 4.10. The van der Waals surface area contributed by atoms with Crippen LogP contribution in [-0.2, 0) is 13.1 Å². The molecule has 2 heterocycles. The highest BCUT2D eigenvalue weighted by Crippen LogP contribution is 2.25. The highest BCUT2D eigenvalue weighted by molar-refractivity contribution is 6.31. The van der Waals surface area contributed by atoms with E-state index in [4.69, 9.17) is 11.6 Å². The van der Waals surface area contributed by atoms with Crippen LogP contribution in [0.3, 0.4) is 0 Å². The van der Waals surface area contributed by atoms with Crippen LogP contribution in [0.1, 0.15) is 31.9 Å². The van der Waals surface area contributed by atoms with Crippen LogP contribution in [0.25, 0.3) is 10.9 Å². The van der Waals surface area contributed by atoms with Crippen molar-refractivity contribution < 1.29 is 0 Å². The number of benzene rings is 1. The highest BCUT2D eigenvalue weighted by Gasteiger charge is 2.14. The summed E-state index contributed by atoms with van der Waals surface area (Å²) in [6.45, 7) is 6.79. The maximum absolute atomic E-state index is 6.10. The molecule has 1 saturated heterocycles. The lowest BCUT2D eigenvalue weighted by atomic mass is 10.1. The number of halogens is 1. The zero-order chi connectivity index (χ0) is 13.2. The van der Waals surface area contributed by atoms with E-state index < -0.39 is 0 Å². The molecule has 3 heteroatoms. The summed E-state index contributed by atoms with van der Waals surface area (Å²) in [6.07, 6.45) is 4.08. The minimum atomic E-state index is 0.824. The van der Waals surface area contributed by atoms with Crippen LogP contribution >= 0.6 is 11.6 Å². The third kappa shape index (κ3) is 2.65. The first kappa shape index (κ1) is 13.0. The summed E-state index contributed by atoms with van der Waals surface area (Å²) in [5.41, 5.74) is 2.72. The molecule has 3 rings (SSSR count). The van der Waals surface area contributed by atoms with Gasteiger partial charge in [-0.15, -0.1) is 0 Å². The molecule has 0 spiro atoms. The Balaban J connectivity index is 1.93. The van der Waals surface area contributed by atoms with Crippen LogP contribution in [-0.4, -0.2) is 22.6 Å². The highest BCUT2D eigenvalue weighted by atomic mass is 35.5. The van der Waals surface area contributed by atoms with E-state index in [1.54, 1.807) is 0 Å². The minimum absolute atomic E-state index is 0.824. The smallest absolute Gasteiger partial charge is 0.0483 e. The molecule has 0 N–H and O–H groups in total. The van der Waals surface area contributed by atoms with Crippen molar-refractivity contribution in [3.63, 3.8) is 0 Å². The molecule has 2 aromatic rings. The van der Waals surface area contributed by atoms with Crippen LogP contribution in [0.5, 0.6) is 0 Å². The lowest BCUT2D eigenvalue weighted by Crippen LogP contribution is -2.29. The third-order valence-corrected chi connectivity index (χ3v) is 4.33. The van der Waals surface area contributed by atoms with Gasteiger partial charge in [-0.2, -0.15) is 0 Å². The molecule has 0 unspecified atom stereocenters. The van der Waals surface area contributed by atoms with E-state index in [0.717, 1.165) is 18.1 Å². The maximum atomic E-state index is 6.10. The average Bonchev–Trinajstić information content (AvgIpc) is 2.76. The van der Waals surface area contributed by atoms with Gasteiger partial charge in [0, 0.05) is 34.7 Å². The fraction of sp³-hybridized carbons (Fsp3) is 0.500. The largest absolute Gasteiger partial charge is 0.344 e. The fourth-order valence-electron chi connectivity index (χ4n) is 3.15. The van der Waals surface area contributed by atoms with E-state index in [0.29, 0.717) is 0 Å². The Morgan fingerprint density at radius 2 is 1.89 bits per heavy atom. The summed E-state index contributed by atoms with van der Waals surface area (Å²) < 4.78 is 2.42. The molecule has 1 aliphatic rings. The molecule has 2 nitrogen and oxygen atoms in total. The monoisotopic (exact) mass is 276 g/mol. The van der Waals surface area contributed by atoms with E-state index in [9.17, 15) is 0 Å². The standard InChI is InChI=1S/C16H21ClN2/c1-2-19-15(12-18-8-4-3-5-9-18)11-13-10-14(17)6-7-16(13)19/h6-7,10-11H,2-5,8-9,12H2,1H3. The molecule has 1 aromatic carbocycles. The maximum Gasteiger partial charge on any atom is 0.0483 e. The minimum Gasteiger partial charge on any atom is -0.344 e. The van der Waals surface area contributed by atoms with Crippen molar-refractivity contribution in [3.05, 3.63) is 35.0 Å². The number of aryl methyl sites for hydroxylation is 1. The van der Waals surface area contributed by atoms with Crippen molar-refractivity contribution >= 4 is 22.5 Å². The number of aromatic nitrogens is 1. The van der Waals surface area contributed by atoms with Gasteiger partial charge >= 0.3 is 0 Å². The number of likely N-dealkylation sites (tertiary alicyclic amines) is 1. The van der Waals surface area contributed by atoms with Crippen LogP contribution in [0.4, 0.5) is 0 Å². The van der Waals surface area contributed by atoms with Gasteiger partial charge in [-0.1, -0.05) is 18.0 Å². The number of piperidine rings is 1. The molecule has 0 amide bonds. The summed E-state index contributed by atoms with van der Waals surface area (Å²) in [5.74, 6) is 0. The second-order valence-corrected chi connectivity index (χ2v) is 5.86. The number of nitrogens with zero attached hydrogens (tertiary/aromatic N) is 2. The Labute approximate surface area is 120 Å². The molecular weight excluding hydrogens is 256 g/mol. The van der Waals surface area contributed by atoms with Crippen LogP contribution < -0.4 is 0 Å². The zero-order valence-electron chi connectivity index (χ0n) is 11.5. The first-order valence-corrected chi connectivity index (χ1v) is 7.66. The summed E-state index contributed by atoms with van der Waals surface area (Å²) in [4.78, 5) is 2.57. The molecule has 0 atom stereocenters. The molecule has 1 fully saturated rings. The van der Waals surface area contributed by atoms with Gasteiger partial charge in [-0.25, -0.2) is 0 Å². The van der Waals surface area contributed by atoms with E-state index in [2.05, 4.69) is 34.6 Å². The zero-order valence-corrected chi connectivity index (χ0v) is 12.3. The molecule has 1 aliphatic heterocycles. The first-order valence-electron chi connectivity index (χ1n) is 7.28. The second kappa shape index (κ2) is 5.56. The summed E-state index contributed by atoms with van der Waals surface area (Å²) >= 11 is 6.10. The summed E-state index contributed by atoms with van der Waals surface area (Å²) in [5, 5.41) is 2.09. The number of rotatable bonds is 3. The molecule has 0 saturated carbocycles. The Hall–Kier alpha value is -0.990. The van der Waals surface area contributed by atoms with Crippen molar-refractivity contribution in [2.45, 2.75) is 39.3 Å². The average molecular weight is 277 g/mol. The SMILES string of the molecule is CCn1c(CN2CCCCC2)cc2cc(Cl)ccc21. The van der Waals surface area contributed by atoms with Gasteiger partial charge < -0.3 is 4.57 Å². The molecule has 0 bridgehead atoms. The predicted molar refractivity (Wildman–Crippen MR) is 81.8 cm³/mol. The first-order chi connectivity index (χ1) is 9.28. The van der Waals surface area contributed by atoms with Crippen molar-refractivity contribution in [1.29, 1.82) is 0 Å². The quantitative estimate of drug-likeness (QED) is 0.811. The summed E-state index contributed by atoms with van der Waals surface area (Å²) in [6, 6.07) is 8.50. The Morgan fingerprint density at radius 1 is 1.11 bits per heavy atom. The molecular formula is C16H21ClN2. The summed E-state index contributed by atoms with van der Waals surface area (Å²) in [7, 11) is 0. The number of fused-ring (bicyclic) bond motifs is 1. The van der Waals surface area contributed by atoms with E-state index >= 15 is 0 Å². The molecule has 102 valence electrons. The van der Waals surface area contributed by atoms with Gasteiger partial charge in [0.05, 0.1) is 0 Å². The lowest BCUT2D eigenvalue weighted by Gasteiger charge is -2.26. The van der Waals surface area contributed by atoms with Gasteiger partial charge in [0.1, 0.15) is 0 Å². The molecule has 0 aliphatic carbocycles. The van der Waals surface area contributed by atoms with E-state index in [1.807, 2.05) is 6.07 Å². The Morgan fingerprint density at radius 3 is 2.63 bits per heavy atom. The van der Waals surface area contributed by atoms with Crippen molar-refractivity contribution in [3.8, 4) is 0 Å². The lowest BCUT2D eigenvalue weighted by molar-refractivity contribution is 0.216. The molecule has 0 radical (unpaired) electrons. The molecule has 1 aromatic heterocycles. The Kier molecular flexibility index (Phi) is 3.81. The number of hydrogen-bond acceptors (Lipinski definition) is 1. The van der Waals surface area contributed by atoms with Crippen molar-refractivity contribution in [1.82, 2.24) is 9.47 Å². The van der Waals surface area contributed by atoms with Gasteiger partial charge in [-0.05, 0) is 57.1 Å². The van der Waals surface area contributed by atoms with Gasteiger partial charge in [-0.3, -0.25) is 4.90 Å². The van der Waals surface area contributed by atoms with Gasteiger partial charge in [0.25, 0.3) is 0 Å². The van der Waals surface area contributed by atoms with Gasteiger partial charge in [0.15, 0.2) is 0 Å². The normalized spacial score (nSPS) is 17.2. The Bertz CT molecular complexity index is 567. The predicted octanol–water partition coefficient (Wildman–Crippen LogP) is 4.30. The van der Waals surface area contributed by atoms with Crippen LogP contribution in [0.15, 0.2) is 24.3 Å². The van der Waals surface area contributed by atoms with Gasteiger partial charge in [0.2, 0.25) is 0 Å². The van der Waals surface area contributed by atoms with Crippen LogP contribution in [0.2, 0.25) is 5.02 Å².